The third-order valence-electron chi connectivity index (χ3n) is 2.98. The Morgan fingerprint density at radius 3 is 3.05 bits per heavy atom. The Morgan fingerprint density at radius 2 is 2.24 bits per heavy atom. The van der Waals surface area contributed by atoms with E-state index in [0.717, 1.165) is 29.0 Å². The summed E-state index contributed by atoms with van der Waals surface area (Å²) in [5.74, 6) is 0. The molecule has 1 N–H and O–H groups in total. The van der Waals surface area contributed by atoms with Gasteiger partial charge in [-0.15, -0.1) is 5.10 Å². The maximum absolute atomic E-state index is 11.6. The van der Waals surface area contributed by atoms with E-state index in [2.05, 4.69) is 43.5 Å². The lowest BCUT2D eigenvalue weighted by atomic mass is 10.1. The molecule has 0 amide bonds. The van der Waals surface area contributed by atoms with Crippen LogP contribution in [0.25, 0.3) is 4.96 Å². The van der Waals surface area contributed by atoms with Crippen LogP contribution in [0.5, 0.6) is 0 Å². The molecule has 3 rings (SSSR count). The lowest BCUT2D eigenvalue weighted by molar-refractivity contribution is 0.846. The molecular weight excluding hydrogens is 352 g/mol. The van der Waals surface area contributed by atoms with Gasteiger partial charge in [0.1, 0.15) is 0 Å². The van der Waals surface area contributed by atoms with Crippen molar-refractivity contribution in [1.29, 1.82) is 0 Å². The van der Waals surface area contributed by atoms with Gasteiger partial charge < -0.3 is 5.32 Å². The lowest BCUT2D eigenvalue weighted by Crippen LogP contribution is -2.13. The Kier molecular flexibility index (Phi) is 4.31. The minimum Gasteiger partial charge on any atom is -0.360 e. The highest BCUT2D eigenvalue weighted by atomic mass is 79.9. The molecule has 0 saturated carbocycles. The summed E-state index contributed by atoms with van der Waals surface area (Å²) >= 11 is 4.85. The zero-order valence-electron chi connectivity index (χ0n) is 11.1. The molecule has 21 heavy (non-hydrogen) atoms. The van der Waals surface area contributed by atoms with Crippen molar-refractivity contribution in [1.82, 2.24) is 14.6 Å². The number of benzene rings is 1. The molecule has 2 heterocycles. The topological polar surface area (TPSA) is 59.3 Å². The highest BCUT2D eigenvalue weighted by Crippen LogP contribution is 2.16. The number of fused-ring (bicyclic) bond motifs is 1. The van der Waals surface area contributed by atoms with Gasteiger partial charge in [0.15, 0.2) is 0 Å². The number of hydrogen-bond acceptors (Lipinski definition) is 5. The normalized spacial score (nSPS) is 10.9. The Morgan fingerprint density at radius 1 is 1.33 bits per heavy atom. The summed E-state index contributed by atoms with van der Waals surface area (Å²) < 4.78 is 2.42. The number of hydrogen-bond donors (Lipinski definition) is 1. The summed E-state index contributed by atoms with van der Waals surface area (Å²) in [4.78, 5) is 16.3. The third kappa shape index (κ3) is 3.48. The van der Waals surface area contributed by atoms with Gasteiger partial charge in [0, 0.05) is 23.3 Å². The Bertz CT molecular complexity index is 814. The number of rotatable bonds is 5. The van der Waals surface area contributed by atoms with Gasteiger partial charge in [-0.25, -0.2) is 4.98 Å². The number of halogens is 1. The molecule has 0 atom stereocenters. The number of nitrogens with one attached hydrogen (secondary N) is 1. The average molecular weight is 365 g/mol. The molecule has 0 saturated heterocycles. The van der Waals surface area contributed by atoms with E-state index in [9.17, 15) is 4.79 Å². The van der Waals surface area contributed by atoms with Crippen LogP contribution < -0.4 is 10.9 Å². The fraction of sp³-hybridized carbons (Fsp3) is 0.214. The highest BCUT2D eigenvalue weighted by molar-refractivity contribution is 9.10. The first-order valence-corrected chi connectivity index (χ1v) is 8.16. The summed E-state index contributed by atoms with van der Waals surface area (Å²) in [6.07, 6.45) is 3.50. The molecule has 0 aliphatic heterocycles. The smallest absolute Gasteiger partial charge is 0.275 e. The summed E-state index contributed by atoms with van der Waals surface area (Å²) in [6, 6.07) is 9.71. The lowest BCUT2D eigenvalue weighted by Gasteiger charge is -2.03. The molecule has 0 unspecified atom stereocenters. The molecule has 0 radical (unpaired) electrons. The molecule has 5 nitrogen and oxygen atoms in total. The van der Waals surface area contributed by atoms with Crippen molar-refractivity contribution in [2.24, 2.45) is 0 Å². The van der Waals surface area contributed by atoms with E-state index in [4.69, 9.17) is 0 Å². The van der Waals surface area contributed by atoms with Crippen LogP contribution in [0.1, 0.15) is 12.0 Å². The predicted molar refractivity (Wildman–Crippen MR) is 88.1 cm³/mol. The van der Waals surface area contributed by atoms with Gasteiger partial charge in [0.05, 0.1) is 0 Å². The number of aromatic nitrogens is 3. The molecule has 0 bridgehead atoms. The molecule has 3 aromatic rings. The summed E-state index contributed by atoms with van der Waals surface area (Å²) in [7, 11) is 0. The second kappa shape index (κ2) is 6.36. The summed E-state index contributed by atoms with van der Waals surface area (Å²) in [6.45, 7) is 0.807. The molecule has 1 aromatic carbocycles. The van der Waals surface area contributed by atoms with Gasteiger partial charge in [0.2, 0.25) is 10.1 Å². The quantitative estimate of drug-likeness (QED) is 0.707. The van der Waals surface area contributed by atoms with Gasteiger partial charge in [-0.05, 0) is 30.5 Å². The average Bonchev–Trinajstić information content (AvgIpc) is 2.88. The van der Waals surface area contributed by atoms with Crippen molar-refractivity contribution in [2.75, 3.05) is 11.9 Å². The second-order valence-electron chi connectivity index (χ2n) is 4.54. The van der Waals surface area contributed by atoms with Crippen molar-refractivity contribution in [3.05, 3.63) is 56.9 Å². The Labute approximate surface area is 133 Å². The van der Waals surface area contributed by atoms with E-state index in [1.165, 1.54) is 33.7 Å². The minimum atomic E-state index is -0.154. The van der Waals surface area contributed by atoms with E-state index in [1.54, 1.807) is 0 Å². The molecule has 0 fully saturated rings. The monoisotopic (exact) mass is 364 g/mol. The van der Waals surface area contributed by atoms with Crippen LogP contribution in [0, 0.1) is 0 Å². The maximum atomic E-state index is 11.6. The largest absolute Gasteiger partial charge is 0.360 e. The van der Waals surface area contributed by atoms with E-state index in [0.29, 0.717) is 4.96 Å². The van der Waals surface area contributed by atoms with Crippen LogP contribution in [0.15, 0.2) is 45.8 Å². The standard InChI is InChI=1S/C14H13BrN4OS/c15-11-5-1-3-10(9-11)4-2-7-16-13-18-19-12(20)6-8-17-14(19)21-13/h1,3,5-6,8-9H,2,4,7H2,(H,16,18). The Hall–Kier alpha value is -1.73. The first-order chi connectivity index (χ1) is 10.2. The van der Waals surface area contributed by atoms with Crippen LogP contribution in [-0.2, 0) is 6.42 Å². The van der Waals surface area contributed by atoms with Gasteiger partial charge in [-0.1, -0.05) is 39.4 Å². The summed E-state index contributed by atoms with van der Waals surface area (Å²) in [5.41, 5.74) is 1.15. The van der Waals surface area contributed by atoms with Crippen molar-refractivity contribution in [2.45, 2.75) is 12.8 Å². The van der Waals surface area contributed by atoms with Crippen LogP contribution in [0.2, 0.25) is 0 Å². The molecule has 108 valence electrons. The van der Waals surface area contributed by atoms with Crippen LogP contribution in [-0.4, -0.2) is 21.1 Å². The molecule has 0 spiro atoms. The van der Waals surface area contributed by atoms with Crippen LogP contribution >= 0.6 is 27.3 Å². The fourth-order valence-corrected chi connectivity index (χ4v) is 3.24. The van der Waals surface area contributed by atoms with Crippen molar-refractivity contribution < 1.29 is 0 Å². The predicted octanol–water partition coefficient (Wildman–Crippen LogP) is 2.96. The van der Waals surface area contributed by atoms with Crippen LogP contribution in [0.4, 0.5) is 5.13 Å². The van der Waals surface area contributed by atoms with E-state index >= 15 is 0 Å². The van der Waals surface area contributed by atoms with Crippen molar-refractivity contribution in [3.8, 4) is 0 Å². The SMILES string of the molecule is O=c1ccnc2sc(NCCCc3cccc(Br)c3)nn12. The zero-order valence-corrected chi connectivity index (χ0v) is 13.5. The molecule has 0 aliphatic carbocycles. The molecule has 2 aromatic heterocycles. The van der Waals surface area contributed by atoms with Gasteiger partial charge >= 0.3 is 0 Å². The number of anilines is 1. The number of aryl methyl sites for hydroxylation is 1. The minimum absolute atomic E-state index is 0.154. The van der Waals surface area contributed by atoms with E-state index in [-0.39, 0.29) is 5.56 Å². The Balaban J connectivity index is 1.57. The fourth-order valence-electron chi connectivity index (χ4n) is 2.00. The zero-order chi connectivity index (χ0) is 14.7. The van der Waals surface area contributed by atoms with Crippen molar-refractivity contribution >= 4 is 37.4 Å². The summed E-state index contributed by atoms with van der Waals surface area (Å²) in [5, 5.41) is 8.18. The molecule has 0 aliphatic rings. The van der Waals surface area contributed by atoms with E-state index < -0.39 is 0 Å². The first-order valence-electron chi connectivity index (χ1n) is 6.55. The van der Waals surface area contributed by atoms with E-state index in [1.807, 2.05) is 12.1 Å². The maximum Gasteiger partial charge on any atom is 0.275 e. The molecule has 7 heteroatoms. The van der Waals surface area contributed by atoms with Crippen molar-refractivity contribution in [3.63, 3.8) is 0 Å². The van der Waals surface area contributed by atoms with Gasteiger partial charge in [-0.3, -0.25) is 4.79 Å². The van der Waals surface area contributed by atoms with Gasteiger partial charge in [-0.2, -0.15) is 4.52 Å². The first kappa shape index (κ1) is 14.2. The number of nitrogens with zero attached hydrogens (tertiary/aromatic N) is 3. The van der Waals surface area contributed by atoms with Crippen LogP contribution in [0.3, 0.4) is 0 Å². The second-order valence-corrected chi connectivity index (χ2v) is 6.42. The third-order valence-corrected chi connectivity index (χ3v) is 4.35. The molecular formula is C14H13BrN4OS. The highest BCUT2D eigenvalue weighted by Gasteiger charge is 2.05. The van der Waals surface area contributed by atoms with Gasteiger partial charge in [0.25, 0.3) is 5.56 Å².